The van der Waals surface area contributed by atoms with Crippen LogP contribution in [0.4, 0.5) is 0 Å². The van der Waals surface area contributed by atoms with Gasteiger partial charge in [-0.1, -0.05) is 5.92 Å². The van der Waals surface area contributed by atoms with Crippen LogP contribution in [0.3, 0.4) is 0 Å². The van der Waals surface area contributed by atoms with Crippen LogP contribution in [0.25, 0.3) is 0 Å². The molecule has 0 spiro atoms. The Balaban J connectivity index is 2.70. The van der Waals surface area contributed by atoms with Crippen LogP contribution >= 0.6 is 0 Å². The molecular formula is C12H15N3O3. The van der Waals surface area contributed by atoms with E-state index in [-0.39, 0.29) is 12.5 Å². The van der Waals surface area contributed by atoms with Gasteiger partial charge < -0.3 is 10.1 Å². The van der Waals surface area contributed by atoms with Gasteiger partial charge in [-0.05, 0) is 13.8 Å². The summed E-state index contributed by atoms with van der Waals surface area (Å²) in [6.45, 7) is 3.84. The van der Waals surface area contributed by atoms with E-state index >= 15 is 0 Å². The molecule has 0 aliphatic rings. The third-order valence-corrected chi connectivity index (χ3v) is 2.25. The van der Waals surface area contributed by atoms with Gasteiger partial charge in [-0.25, -0.2) is 4.79 Å². The first-order valence-electron chi connectivity index (χ1n) is 5.52. The zero-order chi connectivity index (χ0) is 13.5. The first kappa shape index (κ1) is 13.8. The molecule has 0 radical (unpaired) electrons. The van der Waals surface area contributed by atoms with Crippen molar-refractivity contribution < 1.29 is 14.3 Å². The van der Waals surface area contributed by atoms with E-state index in [4.69, 9.17) is 11.2 Å². The maximum absolute atomic E-state index is 11.6. The fraction of sp³-hybridized carbons (Fsp3) is 0.417. The van der Waals surface area contributed by atoms with E-state index in [1.165, 1.54) is 17.1 Å². The molecule has 0 aromatic carbocycles. The van der Waals surface area contributed by atoms with Crippen LogP contribution < -0.4 is 5.32 Å². The van der Waals surface area contributed by atoms with Gasteiger partial charge in [0.25, 0.3) is 0 Å². The number of esters is 1. The highest BCUT2D eigenvalue weighted by Crippen LogP contribution is 2.07. The summed E-state index contributed by atoms with van der Waals surface area (Å²) in [4.78, 5) is 23.0. The summed E-state index contributed by atoms with van der Waals surface area (Å²) in [5.74, 6) is 1.59. The largest absolute Gasteiger partial charge is 0.462 e. The fourth-order valence-corrected chi connectivity index (χ4v) is 1.28. The van der Waals surface area contributed by atoms with Crippen molar-refractivity contribution in [2.45, 2.75) is 19.9 Å². The molecule has 1 aromatic rings. The maximum atomic E-state index is 11.6. The number of nitrogens with zero attached hydrogens (tertiary/aromatic N) is 2. The third-order valence-electron chi connectivity index (χ3n) is 2.25. The van der Waals surface area contributed by atoms with Crippen molar-refractivity contribution in [3.8, 4) is 12.3 Å². The maximum Gasteiger partial charge on any atom is 0.341 e. The molecule has 1 N–H and O–H groups in total. The standard InChI is InChI=1S/C12H15N3O3/c1-4-6-13-11(16)9(3)15-8-10(7-14-15)12(17)18-5-2/h1,7-9H,5-6H2,2-3H3,(H,13,16). The Hall–Kier alpha value is -2.29. The minimum absolute atomic E-state index is 0.162. The molecule has 0 bridgehead atoms. The summed E-state index contributed by atoms with van der Waals surface area (Å²) in [6.07, 6.45) is 7.88. The Labute approximate surface area is 105 Å². The van der Waals surface area contributed by atoms with E-state index in [1.807, 2.05) is 0 Å². The van der Waals surface area contributed by atoms with Crippen molar-refractivity contribution >= 4 is 11.9 Å². The van der Waals surface area contributed by atoms with Crippen LogP contribution in [0.15, 0.2) is 12.4 Å². The van der Waals surface area contributed by atoms with Gasteiger partial charge in [-0.15, -0.1) is 6.42 Å². The number of amides is 1. The second-order valence-corrected chi connectivity index (χ2v) is 3.53. The molecule has 1 rings (SSSR count). The van der Waals surface area contributed by atoms with E-state index in [0.717, 1.165) is 0 Å². The van der Waals surface area contributed by atoms with Crippen molar-refractivity contribution in [1.29, 1.82) is 0 Å². The van der Waals surface area contributed by atoms with E-state index < -0.39 is 12.0 Å². The fourth-order valence-electron chi connectivity index (χ4n) is 1.28. The lowest BCUT2D eigenvalue weighted by molar-refractivity contribution is -0.123. The normalized spacial score (nSPS) is 11.4. The summed E-state index contributed by atoms with van der Waals surface area (Å²) in [5.41, 5.74) is 0.313. The Morgan fingerprint density at radius 3 is 3.00 bits per heavy atom. The van der Waals surface area contributed by atoms with Crippen LogP contribution in [0.1, 0.15) is 30.2 Å². The lowest BCUT2D eigenvalue weighted by Crippen LogP contribution is -2.31. The van der Waals surface area contributed by atoms with Crippen LogP contribution in [-0.4, -0.2) is 34.8 Å². The highest BCUT2D eigenvalue weighted by molar-refractivity contribution is 5.89. The molecule has 1 unspecified atom stereocenters. The van der Waals surface area contributed by atoms with Crippen molar-refractivity contribution in [1.82, 2.24) is 15.1 Å². The molecule has 0 fully saturated rings. The van der Waals surface area contributed by atoms with Crippen LogP contribution in [0.5, 0.6) is 0 Å². The minimum Gasteiger partial charge on any atom is -0.462 e. The SMILES string of the molecule is C#CCNC(=O)C(C)n1cc(C(=O)OCC)cn1. The number of aromatic nitrogens is 2. The molecular weight excluding hydrogens is 234 g/mol. The molecule has 0 saturated carbocycles. The molecule has 18 heavy (non-hydrogen) atoms. The lowest BCUT2D eigenvalue weighted by Gasteiger charge is -2.10. The molecule has 1 atom stereocenters. The zero-order valence-electron chi connectivity index (χ0n) is 10.3. The number of hydrogen-bond donors (Lipinski definition) is 1. The van der Waals surface area contributed by atoms with Gasteiger partial charge in [0, 0.05) is 6.20 Å². The third kappa shape index (κ3) is 3.35. The monoisotopic (exact) mass is 249 g/mol. The predicted octanol–water partition coefficient (Wildman–Crippen LogP) is 0.370. The number of ether oxygens (including phenoxy) is 1. The van der Waals surface area contributed by atoms with Crippen molar-refractivity contribution in [3.63, 3.8) is 0 Å². The molecule has 6 nitrogen and oxygen atoms in total. The van der Waals surface area contributed by atoms with Crippen molar-refractivity contribution in [2.24, 2.45) is 0 Å². The zero-order valence-corrected chi connectivity index (χ0v) is 10.3. The molecule has 6 heteroatoms. The molecule has 0 aliphatic carbocycles. The van der Waals surface area contributed by atoms with Gasteiger partial charge in [-0.3, -0.25) is 9.48 Å². The highest BCUT2D eigenvalue weighted by atomic mass is 16.5. The molecule has 1 amide bonds. The van der Waals surface area contributed by atoms with Crippen LogP contribution in [0, 0.1) is 12.3 Å². The smallest absolute Gasteiger partial charge is 0.341 e. The van der Waals surface area contributed by atoms with E-state index in [9.17, 15) is 9.59 Å². The quantitative estimate of drug-likeness (QED) is 0.604. The first-order valence-corrected chi connectivity index (χ1v) is 5.52. The summed E-state index contributed by atoms with van der Waals surface area (Å²) in [6, 6.07) is -0.540. The van der Waals surface area contributed by atoms with E-state index in [2.05, 4.69) is 16.3 Å². The number of hydrogen-bond acceptors (Lipinski definition) is 4. The minimum atomic E-state index is -0.540. The van der Waals surface area contributed by atoms with Gasteiger partial charge in [-0.2, -0.15) is 5.10 Å². The molecule has 1 heterocycles. The van der Waals surface area contributed by atoms with Crippen LogP contribution in [-0.2, 0) is 9.53 Å². The van der Waals surface area contributed by atoms with Crippen LogP contribution in [0.2, 0.25) is 0 Å². The summed E-state index contributed by atoms with van der Waals surface area (Å²) < 4.78 is 6.21. The Morgan fingerprint density at radius 1 is 1.67 bits per heavy atom. The van der Waals surface area contributed by atoms with Crippen molar-refractivity contribution in [2.75, 3.05) is 13.2 Å². The molecule has 1 aromatic heterocycles. The van der Waals surface area contributed by atoms with Gasteiger partial charge >= 0.3 is 5.97 Å². The summed E-state index contributed by atoms with van der Waals surface area (Å²) >= 11 is 0. The number of carbonyl (C=O) groups is 2. The summed E-state index contributed by atoms with van der Waals surface area (Å²) in [5, 5.41) is 6.49. The Bertz CT molecular complexity index is 473. The first-order chi connectivity index (χ1) is 8.60. The van der Waals surface area contributed by atoms with Gasteiger partial charge in [0.2, 0.25) is 5.91 Å². The summed E-state index contributed by atoms with van der Waals surface area (Å²) in [7, 11) is 0. The average Bonchev–Trinajstić information content (AvgIpc) is 2.84. The van der Waals surface area contributed by atoms with E-state index in [1.54, 1.807) is 13.8 Å². The number of terminal acetylenes is 1. The molecule has 0 saturated heterocycles. The number of rotatable bonds is 5. The second-order valence-electron chi connectivity index (χ2n) is 3.53. The Kier molecular flexibility index (Phi) is 4.93. The molecule has 96 valence electrons. The average molecular weight is 249 g/mol. The van der Waals surface area contributed by atoms with Crippen molar-refractivity contribution in [3.05, 3.63) is 18.0 Å². The molecule has 0 aliphatic heterocycles. The van der Waals surface area contributed by atoms with Gasteiger partial charge in [0.15, 0.2) is 0 Å². The van der Waals surface area contributed by atoms with Gasteiger partial charge in [0.05, 0.1) is 24.9 Å². The van der Waals surface area contributed by atoms with Gasteiger partial charge in [0.1, 0.15) is 6.04 Å². The number of nitrogens with one attached hydrogen (secondary N) is 1. The second kappa shape index (κ2) is 6.45. The Morgan fingerprint density at radius 2 is 2.39 bits per heavy atom. The topological polar surface area (TPSA) is 73.2 Å². The highest BCUT2D eigenvalue weighted by Gasteiger charge is 2.17. The number of carbonyl (C=O) groups excluding carboxylic acids is 2. The predicted molar refractivity (Wildman–Crippen MR) is 64.7 cm³/mol. The lowest BCUT2D eigenvalue weighted by atomic mass is 10.3. The van der Waals surface area contributed by atoms with E-state index in [0.29, 0.717) is 12.2 Å².